The van der Waals surface area contributed by atoms with Crippen molar-refractivity contribution in [3.05, 3.63) is 0 Å². The second kappa shape index (κ2) is 7.66. The van der Waals surface area contributed by atoms with E-state index in [1.807, 2.05) is 6.07 Å². The molecule has 0 aliphatic carbocycles. The van der Waals surface area contributed by atoms with Crippen LogP contribution in [0.15, 0.2) is 0 Å². The smallest absolute Gasteiger partial charge is 0.321 e. The lowest BCUT2D eigenvalue weighted by Crippen LogP contribution is -2.35. The first-order valence-corrected chi connectivity index (χ1v) is 7.11. The molecule has 8 heteroatoms. The molecule has 0 heterocycles. The van der Waals surface area contributed by atoms with Crippen LogP contribution >= 0.6 is 0 Å². The number of carbonyl (C=O) groups excluding carboxylic acids is 2. The first-order valence-electron chi connectivity index (χ1n) is 5.29. The Hall–Kier alpha value is -1.62. The van der Waals surface area contributed by atoms with Crippen molar-refractivity contribution in [2.75, 3.05) is 31.7 Å². The molecular weight excluding hydrogens is 260 g/mol. The van der Waals surface area contributed by atoms with Crippen molar-refractivity contribution in [3.8, 4) is 6.07 Å². The molecule has 0 saturated carbocycles. The van der Waals surface area contributed by atoms with Gasteiger partial charge in [-0.1, -0.05) is 0 Å². The average Bonchev–Trinajstić information content (AvgIpc) is 2.24. The van der Waals surface area contributed by atoms with Crippen molar-refractivity contribution < 1.29 is 22.7 Å². The summed E-state index contributed by atoms with van der Waals surface area (Å²) >= 11 is 0. The van der Waals surface area contributed by atoms with E-state index in [0.29, 0.717) is 0 Å². The first-order chi connectivity index (χ1) is 8.32. The monoisotopic (exact) mass is 276 g/mol. The number of amides is 1. The van der Waals surface area contributed by atoms with Crippen LogP contribution in [0, 0.1) is 11.3 Å². The highest BCUT2D eigenvalue weighted by Gasteiger charge is 2.23. The topological polar surface area (TPSA) is 105 Å². The molecule has 0 unspecified atom stereocenters. The van der Waals surface area contributed by atoms with E-state index in [4.69, 9.17) is 5.26 Å². The van der Waals surface area contributed by atoms with E-state index >= 15 is 0 Å². The van der Waals surface area contributed by atoms with Gasteiger partial charge in [0.15, 0.2) is 9.84 Å². The molecule has 0 saturated heterocycles. The van der Waals surface area contributed by atoms with Crippen molar-refractivity contribution >= 4 is 21.7 Å². The zero-order valence-electron chi connectivity index (χ0n) is 10.4. The van der Waals surface area contributed by atoms with E-state index in [9.17, 15) is 18.0 Å². The fourth-order valence-corrected chi connectivity index (χ4v) is 2.22. The lowest BCUT2D eigenvalue weighted by Gasteiger charge is -2.15. The third-order valence-electron chi connectivity index (χ3n) is 1.97. The Balaban J connectivity index is 4.36. The molecule has 0 aliphatic heterocycles. The third-order valence-corrected chi connectivity index (χ3v) is 3.33. The summed E-state index contributed by atoms with van der Waals surface area (Å²) in [5.41, 5.74) is 0. The van der Waals surface area contributed by atoms with Gasteiger partial charge in [-0.25, -0.2) is 8.42 Å². The summed E-state index contributed by atoms with van der Waals surface area (Å²) in [6, 6.07) is 1.85. The molecule has 0 atom stereocenters. The summed E-state index contributed by atoms with van der Waals surface area (Å²) < 4.78 is 27.5. The molecule has 7 nitrogen and oxygen atoms in total. The number of nitriles is 1. The van der Waals surface area contributed by atoms with Crippen LogP contribution in [0.2, 0.25) is 0 Å². The van der Waals surface area contributed by atoms with Crippen molar-refractivity contribution in [1.82, 2.24) is 4.90 Å². The number of rotatable bonds is 7. The molecule has 0 rings (SSSR count). The number of hydrogen-bond acceptors (Lipinski definition) is 6. The Kier molecular flexibility index (Phi) is 6.97. The maximum absolute atomic E-state index is 11.5. The SMILES string of the molecule is CCOC(=O)CS(=O)(=O)CC(=O)N(C)CCC#N. The summed E-state index contributed by atoms with van der Waals surface area (Å²) in [5.74, 6) is -3.08. The van der Waals surface area contributed by atoms with Crippen molar-refractivity contribution in [3.63, 3.8) is 0 Å². The molecule has 0 aromatic carbocycles. The average molecular weight is 276 g/mol. The van der Waals surface area contributed by atoms with Crippen LogP contribution in [0.25, 0.3) is 0 Å². The Morgan fingerprint density at radius 2 is 1.94 bits per heavy atom. The van der Waals surface area contributed by atoms with Crippen LogP contribution in [-0.2, 0) is 24.2 Å². The molecule has 0 bridgehead atoms. The van der Waals surface area contributed by atoms with Gasteiger partial charge in [0, 0.05) is 13.6 Å². The maximum Gasteiger partial charge on any atom is 0.321 e. The van der Waals surface area contributed by atoms with Crippen LogP contribution < -0.4 is 0 Å². The number of carbonyl (C=O) groups is 2. The molecule has 102 valence electrons. The van der Waals surface area contributed by atoms with Gasteiger partial charge in [-0.2, -0.15) is 5.26 Å². The van der Waals surface area contributed by atoms with E-state index < -0.39 is 33.2 Å². The van der Waals surface area contributed by atoms with Crippen molar-refractivity contribution in [2.24, 2.45) is 0 Å². The Morgan fingerprint density at radius 1 is 1.33 bits per heavy atom. The highest BCUT2D eigenvalue weighted by molar-refractivity contribution is 7.92. The molecule has 0 fully saturated rings. The van der Waals surface area contributed by atoms with Crippen LogP contribution in [0.1, 0.15) is 13.3 Å². The van der Waals surface area contributed by atoms with Crippen molar-refractivity contribution in [2.45, 2.75) is 13.3 Å². The second-order valence-corrected chi connectivity index (χ2v) is 5.63. The van der Waals surface area contributed by atoms with Crippen LogP contribution in [0.4, 0.5) is 0 Å². The lowest BCUT2D eigenvalue weighted by molar-refractivity contribution is -0.139. The zero-order chi connectivity index (χ0) is 14.2. The summed E-state index contributed by atoms with van der Waals surface area (Å²) in [4.78, 5) is 23.6. The summed E-state index contributed by atoms with van der Waals surface area (Å²) in [5, 5.41) is 8.34. The fraction of sp³-hybridized carbons (Fsp3) is 0.700. The van der Waals surface area contributed by atoms with Gasteiger partial charge in [-0.3, -0.25) is 9.59 Å². The standard InChI is InChI=1S/C10H16N2O5S/c1-3-17-10(14)8-18(15,16)7-9(13)12(2)6-4-5-11/h3-4,6-8H2,1-2H3. The van der Waals surface area contributed by atoms with E-state index in [0.717, 1.165) is 4.90 Å². The number of esters is 1. The maximum atomic E-state index is 11.5. The van der Waals surface area contributed by atoms with Gasteiger partial charge in [0.05, 0.1) is 19.1 Å². The first kappa shape index (κ1) is 16.4. The highest BCUT2D eigenvalue weighted by Crippen LogP contribution is 1.97. The van der Waals surface area contributed by atoms with Gasteiger partial charge >= 0.3 is 5.97 Å². The number of sulfone groups is 1. The minimum Gasteiger partial charge on any atom is -0.465 e. The van der Waals surface area contributed by atoms with Gasteiger partial charge < -0.3 is 9.64 Å². The summed E-state index contributed by atoms with van der Waals surface area (Å²) in [6.07, 6.45) is 0.125. The third kappa shape index (κ3) is 6.85. The fourth-order valence-electron chi connectivity index (χ4n) is 1.07. The molecular formula is C10H16N2O5S. The molecule has 0 radical (unpaired) electrons. The quantitative estimate of drug-likeness (QED) is 0.571. The second-order valence-electron chi connectivity index (χ2n) is 3.56. The number of nitrogens with zero attached hydrogens (tertiary/aromatic N) is 2. The molecule has 0 aromatic heterocycles. The predicted octanol–water partition coefficient (Wildman–Crippen LogP) is -0.664. The van der Waals surface area contributed by atoms with E-state index in [1.165, 1.54) is 7.05 Å². The Labute approximate surface area is 106 Å². The van der Waals surface area contributed by atoms with Gasteiger partial charge in [-0.15, -0.1) is 0 Å². The number of ether oxygens (including phenoxy) is 1. The molecule has 0 spiro atoms. The molecule has 0 N–H and O–H groups in total. The normalized spacial score (nSPS) is 10.5. The molecule has 0 aliphatic rings. The van der Waals surface area contributed by atoms with E-state index in [-0.39, 0.29) is 19.6 Å². The van der Waals surface area contributed by atoms with Crippen LogP contribution in [0.5, 0.6) is 0 Å². The molecule has 18 heavy (non-hydrogen) atoms. The van der Waals surface area contributed by atoms with Crippen LogP contribution in [0.3, 0.4) is 0 Å². The minimum atomic E-state index is -3.82. The zero-order valence-corrected chi connectivity index (χ0v) is 11.2. The van der Waals surface area contributed by atoms with Gasteiger partial charge in [0.2, 0.25) is 5.91 Å². The number of hydrogen-bond donors (Lipinski definition) is 0. The van der Waals surface area contributed by atoms with Gasteiger partial charge in [-0.05, 0) is 6.92 Å². The largest absolute Gasteiger partial charge is 0.465 e. The minimum absolute atomic E-state index is 0.0877. The Bertz CT molecular complexity index is 438. The lowest BCUT2D eigenvalue weighted by atomic mass is 10.4. The molecule has 0 aromatic rings. The van der Waals surface area contributed by atoms with Crippen LogP contribution in [-0.4, -0.2) is 56.9 Å². The van der Waals surface area contributed by atoms with E-state index in [2.05, 4.69) is 4.74 Å². The predicted molar refractivity (Wildman–Crippen MR) is 63.2 cm³/mol. The highest BCUT2D eigenvalue weighted by atomic mass is 32.2. The Morgan fingerprint density at radius 3 is 2.44 bits per heavy atom. The van der Waals surface area contributed by atoms with Gasteiger partial charge in [0.25, 0.3) is 0 Å². The molecule has 1 amide bonds. The van der Waals surface area contributed by atoms with Gasteiger partial charge in [0.1, 0.15) is 11.5 Å². The van der Waals surface area contributed by atoms with E-state index in [1.54, 1.807) is 6.92 Å². The summed E-state index contributed by atoms with van der Waals surface area (Å²) in [7, 11) is -2.42. The van der Waals surface area contributed by atoms with Crippen molar-refractivity contribution in [1.29, 1.82) is 5.26 Å². The summed E-state index contributed by atoms with van der Waals surface area (Å²) in [6.45, 7) is 1.81.